The van der Waals surface area contributed by atoms with Crippen molar-refractivity contribution >= 4 is 28.4 Å². The van der Waals surface area contributed by atoms with Gasteiger partial charge in [0.2, 0.25) is 0 Å². The summed E-state index contributed by atoms with van der Waals surface area (Å²) in [6.45, 7) is 0. The Balaban J connectivity index is 3.14. The quantitative estimate of drug-likeness (QED) is 0.419. The first kappa shape index (κ1) is 8.30. The molecule has 1 aromatic heterocycles. The summed E-state index contributed by atoms with van der Waals surface area (Å²) in [6, 6.07) is 1.56. The summed E-state index contributed by atoms with van der Waals surface area (Å²) in [5.41, 5.74) is 0.415. The van der Waals surface area contributed by atoms with Crippen LogP contribution < -0.4 is 0 Å². The van der Waals surface area contributed by atoms with Crippen LogP contribution in [0.4, 0.5) is 0 Å². The minimum atomic E-state index is -0.0666. The van der Waals surface area contributed by atoms with Crippen LogP contribution in [0.2, 0.25) is 5.02 Å². The molecule has 0 aliphatic heterocycles. The number of oxime groups is 1. The van der Waals surface area contributed by atoms with E-state index in [2.05, 4.69) is 10.1 Å². The molecule has 0 bridgehead atoms. The van der Waals surface area contributed by atoms with E-state index in [1.807, 2.05) is 0 Å². The predicted octanol–water partition coefficient (Wildman–Crippen LogP) is 2.11. The Hall–Kier alpha value is -0.800. The maximum atomic E-state index is 8.28. The van der Waals surface area contributed by atoms with Crippen LogP contribution in [0.15, 0.2) is 23.6 Å². The van der Waals surface area contributed by atoms with E-state index in [0.29, 0.717) is 10.6 Å². The van der Waals surface area contributed by atoms with Crippen LogP contribution in [0.1, 0.15) is 5.56 Å². The Morgan fingerprint density at radius 3 is 2.91 bits per heavy atom. The monoisotopic (exact) mass is 190 g/mol. The molecule has 0 radical (unpaired) electrons. The van der Waals surface area contributed by atoms with Crippen molar-refractivity contribution in [3.8, 4) is 0 Å². The van der Waals surface area contributed by atoms with Crippen LogP contribution >= 0.6 is 23.2 Å². The van der Waals surface area contributed by atoms with Gasteiger partial charge in [-0.25, -0.2) is 0 Å². The molecule has 58 valence electrons. The van der Waals surface area contributed by atoms with Gasteiger partial charge >= 0.3 is 0 Å². The highest BCUT2D eigenvalue weighted by Crippen LogP contribution is 2.15. The highest BCUT2D eigenvalue weighted by atomic mass is 35.5. The van der Waals surface area contributed by atoms with Crippen molar-refractivity contribution in [1.82, 2.24) is 4.98 Å². The van der Waals surface area contributed by atoms with E-state index in [-0.39, 0.29) is 5.17 Å². The Labute approximate surface area is 73.3 Å². The topological polar surface area (TPSA) is 45.5 Å². The standard InChI is InChI=1S/C6H4Cl2N2O/c7-5-1-2-9-3-4(5)6(8)10-11/h1-3,11H/b10-6-. The second-order valence-electron chi connectivity index (χ2n) is 1.75. The maximum absolute atomic E-state index is 8.28. The Bertz CT molecular complexity index is 288. The fourth-order valence-corrected chi connectivity index (χ4v) is 0.977. The fourth-order valence-electron chi connectivity index (χ4n) is 0.583. The largest absolute Gasteiger partial charge is 0.410 e. The van der Waals surface area contributed by atoms with Gasteiger partial charge in [0.15, 0.2) is 5.17 Å². The van der Waals surface area contributed by atoms with Gasteiger partial charge in [0.1, 0.15) is 0 Å². The van der Waals surface area contributed by atoms with Crippen LogP contribution in [-0.4, -0.2) is 15.4 Å². The first-order chi connectivity index (χ1) is 5.25. The Kier molecular flexibility index (Phi) is 2.68. The highest BCUT2D eigenvalue weighted by molar-refractivity contribution is 6.70. The number of hydrogen-bond acceptors (Lipinski definition) is 3. The third kappa shape index (κ3) is 1.82. The summed E-state index contributed by atoms with van der Waals surface area (Å²) in [6.07, 6.45) is 2.94. The van der Waals surface area contributed by atoms with E-state index < -0.39 is 0 Å². The van der Waals surface area contributed by atoms with Gasteiger partial charge in [0.05, 0.1) is 10.6 Å². The molecule has 0 saturated carbocycles. The van der Waals surface area contributed by atoms with Gasteiger partial charge in [-0.15, -0.1) is 0 Å². The van der Waals surface area contributed by atoms with Gasteiger partial charge in [-0.3, -0.25) is 4.98 Å². The van der Waals surface area contributed by atoms with Gasteiger partial charge in [-0.05, 0) is 6.07 Å². The SMILES string of the molecule is O/N=C(\Cl)c1cnccc1Cl. The molecular formula is C6H4Cl2N2O. The molecular weight excluding hydrogens is 187 g/mol. The molecule has 1 N–H and O–H groups in total. The number of hydrogen-bond donors (Lipinski definition) is 1. The molecule has 1 heterocycles. The van der Waals surface area contributed by atoms with Crippen molar-refractivity contribution in [1.29, 1.82) is 0 Å². The van der Waals surface area contributed by atoms with E-state index in [0.717, 1.165) is 0 Å². The maximum Gasteiger partial charge on any atom is 0.178 e. The molecule has 1 aromatic rings. The molecule has 0 aliphatic carbocycles. The second kappa shape index (κ2) is 3.55. The van der Waals surface area contributed by atoms with Crippen molar-refractivity contribution in [2.75, 3.05) is 0 Å². The smallest absolute Gasteiger partial charge is 0.178 e. The van der Waals surface area contributed by atoms with E-state index in [9.17, 15) is 0 Å². The van der Waals surface area contributed by atoms with Crippen molar-refractivity contribution < 1.29 is 5.21 Å². The van der Waals surface area contributed by atoms with Crippen LogP contribution in [-0.2, 0) is 0 Å². The molecule has 5 heteroatoms. The average Bonchev–Trinajstić information content (AvgIpc) is 2.04. The summed E-state index contributed by atoms with van der Waals surface area (Å²) >= 11 is 11.2. The third-order valence-corrected chi connectivity index (χ3v) is 1.69. The predicted molar refractivity (Wildman–Crippen MR) is 43.4 cm³/mol. The summed E-state index contributed by atoms with van der Waals surface area (Å²) < 4.78 is 0. The Morgan fingerprint density at radius 2 is 2.36 bits per heavy atom. The van der Waals surface area contributed by atoms with Crippen molar-refractivity contribution in [3.05, 3.63) is 29.0 Å². The van der Waals surface area contributed by atoms with Crippen LogP contribution in [0.25, 0.3) is 0 Å². The lowest BCUT2D eigenvalue weighted by atomic mass is 10.3. The van der Waals surface area contributed by atoms with Crippen LogP contribution in [0, 0.1) is 0 Å². The molecule has 0 aliphatic rings. The zero-order valence-corrected chi connectivity index (χ0v) is 6.84. The van der Waals surface area contributed by atoms with Gasteiger partial charge in [0, 0.05) is 12.4 Å². The molecule has 0 spiro atoms. The number of aromatic nitrogens is 1. The number of rotatable bonds is 1. The molecule has 0 atom stereocenters. The first-order valence-corrected chi connectivity index (χ1v) is 3.48. The summed E-state index contributed by atoms with van der Waals surface area (Å²) in [5, 5.41) is 11.4. The van der Waals surface area contributed by atoms with Gasteiger partial charge in [-0.1, -0.05) is 28.4 Å². The molecule has 0 fully saturated rings. The third-order valence-electron chi connectivity index (χ3n) is 1.08. The molecule has 3 nitrogen and oxygen atoms in total. The number of halogens is 2. The second-order valence-corrected chi connectivity index (χ2v) is 2.51. The van der Waals surface area contributed by atoms with Gasteiger partial charge in [0.25, 0.3) is 0 Å². The molecule has 0 amide bonds. The highest BCUT2D eigenvalue weighted by Gasteiger charge is 2.04. The lowest BCUT2D eigenvalue weighted by Gasteiger charge is -1.96. The molecule has 0 saturated heterocycles. The van der Waals surface area contributed by atoms with Crippen molar-refractivity contribution in [2.24, 2.45) is 5.16 Å². The van der Waals surface area contributed by atoms with Crippen LogP contribution in [0.3, 0.4) is 0 Å². The first-order valence-electron chi connectivity index (χ1n) is 2.73. The molecule has 11 heavy (non-hydrogen) atoms. The van der Waals surface area contributed by atoms with E-state index in [4.69, 9.17) is 28.4 Å². The van der Waals surface area contributed by atoms with Gasteiger partial charge < -0.3 is 5.21 Å². The van der Waals surface area contributed by atoms with E-state index >= 15 is 0 Å². The lowest BCUT2D eigenvalue weighted by molar-refractivity contribution is 0.321. The molecule has 1 rings (SSSR count). The van der Waals surface area contributed by atoms with Crippen molar-refractivity contribution in [2.45, 2.75) is 0 Å². The number of pyridine rings is 1. The lowest BCUT2D eigenvalue weighted by Crippen LogP contribution is -1.92. The zero-order valence-electron chi connectivity index (χ0n) is 5.33. The minimum absolute atomic E-state index is 0.0666. The van der Waals surface area contributed by atoms with E-state index in [1.54, 1.807) is 6.07 Å². The zero-order chi connectivity index (χ0) is 8.27. The van der Waals surface area contributed by atoms with Gasteiger partial charge in [-0.2, -0.15) is 0 Å². The summed E-state index contributed by atoms with van der Waals surface area (Å²) in [7, 11) is 0. The Morgan fingerprint density at radius 1 is 1.64 bits per heavy atom. The normalized spacial score (nSPS) is 11.6. The fraction of sp³-hybridized carbons (Fsp3) is 0. The van der Waals surface area contributed by atoms with Crippen molar-refractivity contribution in [3.63, 3.8) is 0 Å². The molecule has 0 aromatic carbocycles. The number of nitrogens with zero attached hydrogens (tertiary/aromatic N) is 2. The summed E-state index contributed by atoms with van der Waals surface area (Å²) in [5.74, 6) is 0. The minimum Gasteiger partial charge on any atom is -0.410 e. The van der Waals surface area contributed by atoms with Crippen LogP contribution in [0.5, 0.6) is 0 Å². The van der Waals surface area contributed by atoms with E-state index in [1.165, 1.54) is 12.4 Å². The molecule has 0 unspecified atom stereocenters. The average molecular weight is 191 g/mol. The summed E-state index contributed by atoms with van der Waals surface area (Å²) in [4.78, 5) is 3.75.